The van der Waals surface area contributed by atoms with Crippen LogP contribution in [0.2, 0.25) is 0 Å². The maximum atomic E-state index is 12.6. The third-order valence-corrected chi connectivity index (χ3v) is 3.37. The Kier molecular flexibility index (Phi) is 3.67. The van der Waals surface area contributed by atoms with E-state index in [4.69, 9.17) is 4.74 Å². The van der Waals surface area contributed by atoms with Gasteiger partial charge in [-0.2, -0.15) is 5.10 Å². The summed E-state index contributed by atoms with van der Waals surface area (Å²) in [5, 5.41) is 4.30. The summed E-state index contributed by atoms with van der Waals surface area (Å²) in [5.41, 5.74) is 0.230. The molecule has 0 spiro atoms. The molecule has 0 bridgehead atoms. The lowest BCUT2D eigenvalue weighted by atomic mass is 10.0. The predicted octanol–water partition coefficient (Wildman–Crippen LogP) is 2.28. The molecular formula is C15H25N3O2. The fourth-order valence-corrected chi connectivity index (χ4v) is 2.59. The molecule has 0 aliphatic carbocycles. The molecule has 0 saturated carbocycles. The largest absolute Gasteiger partial charge is 0.369 e. The zero-order valence-electron chi connectivity index (χ0n) is 13.3. The summed E-state index contributed by atoms with van der Waals surface area (Å²) < 4.78 is 7.66. The second-order valence-corrected chi connectivity index (χ2v) is 7.22. The molecule has 0 unspecified atom stereocenters. The van der Waals surface area contributed by atoms with Crippen molar-refractivity contribution in [2.24, 2.45) is 0 Å². The minimum absolute atomic E-state index is 0.0312. The zero-order valence-corrected chi connectivity index (χ0v) is 13.3. The first-order valence-electron chi connectivity index (χ1n) is 7.11. The van der Waals surface area contributed by atoms with Crippen molar-refractivity contribution in [2.45, 2.75) is 58.8 Å². The third kappa shape index (κ3) is 3.20. The Labute approximate surface area is 120 Å². The Morgan fingerprint density at radius 2 is 2.10 bits per heavy atom. The molecule has 0 radical (unpaired) electrons. The number of aromatic nitrogens is 2. The minimum Gasteiger partial charge on any atom is -0.369 e. The number of ether oxygens (including phenoxy) is 1. The number of nitrogens with zero attached hydrogens (tertiary/aromatic N) is 3. The first kappa shape index (κ1) is 15.0. The average molecular weight is 279 g/mol. The topological polar surface area (TPSA) is 47.4 Å². The van der Waals surface area contributed by atoms with E-state index in [9.17, 15) is 4.79 Å². The minimum atomic E-state index is -0.298. The summed E-state index contributed by atoms with van der Waals surface area (Å²) in [5.74, 6) is 0.0312. The summed E-state index contributed by atoms with van der Waals surface area (Å²) in [4.78, 5) is 14.4. The maximum Gasteiger partial charge on any atom is 0.257 e. The van der Waals surface area contributed by atoms with E-state index in [0.29, 0.717) is 18.7 Å². The highest BCUT2D eigenvalue weighted by molar-refractivity contribution is 5.93. The molecule has 1 saturated heterocycles. The van der Waals surface area contributed by atoms with Crippen molar-refractivity contribution in [2.75, 3.05) is 13.1 Å². The fourth-order valence-electron chi connectivity index (χ4n) is 2.59. The van der Waals surface area contributed by atoms with Gasteiger partial charge in [-0.3, -0.25) is 9.48 Å². The van der Waals surface area contributed by atoms with Crippen LogP contribution in [0, 0.1) is 0 Å². The number of rotatable bonds is 1. The average Bonchev–Trinajstić information content (AvgIpc) is 2.73. The summed E-state index contributed by atoms with van der Waals surface area (Å²) >= 11 is 0. The number of amides is 1. The van der Waals surface area contributed by atoms with E-state index in [1.54, 1.807) is 6.20 Å². The lowest BCUT2D eigenvalue weighted by molar-refractivity contribution is -0.118. The molecule has 5 heteroatoms. The van der Waals surface area contributed by atoms with Crippen molar-refractivity contribution in [3.05, 3.63) is 18.0 Å². The van der Waals surface area contributed by atoms with Crippen molar-refractivity contribution in [1.82, 2.24) is 14.7 Å². The summed E-state index contributed by atoms with van der Waals surface area (Å²) in [6.45, 7) is 13.5. The van der Waals surface area contributed by atoms with Crippen LogP contribution in [0.4, 0.5) is 0 Å². The van der Waals surface area contributed by atoms with Crippen molar-refractivity contribution in [1.29, 1.82) is 0 Å². The molecule has 0 N–H and O–H groups in total. The van der Waals surface area contributed by atoms with Gasteiger partial charge in [-0.05, 0) is 41.5 Å². The Morgan fingerprint density at radius 1 is 1.45 bits per heavy atom. The van der Waals surface area contributed by atoms with Gasteiger partial charge in [0.1, 0.15) is 0 Å². The van der Waals surface area contributed by atoms with Crippen LogP contribution in [0.1, 0.15) is 51.9 Å². The van der Waals surface area contributed by atoms with E-state index in [1.165, 1.54) is 0 Å². The molecule has 5 nitrogen and oxygen atoms in total. The van der Waals surface area contributed by atoms with Gasteiger partial charge in [-0.25, -0.2) is 0 Å². The molecule has 1 fully saturated rings. The van der Waals surface area contributed by atoms with E-state index in [1.807, 2.05) is 36.5 Å². The molecule has 2 rings (SSSR count). The predicted molar refractivity (Wildman–Crippen MR) is 77.8 cm³/mol. The van der Waals surface area contributed by atoms with Gasteiger partial charge in [0.15, 0.2) is 0 Å². The highest BCUT2D eigenvalue weighted by atomic mass is 16.5. The van der Waals surface area contributed by atoms with E-state index >= 15 is 0 Å². The van der Waals surface area contributed by atoms with Gasteiger partial charge >= 0.3 is 0 Å². The lowest BCUT2D eigenvalue weighted by Gasteiger charge is -2.41. The SMILES string of the molecule is C[C@H]1CN(C(=O)c2cnn(C(C)(C)C)c2)CC(C)(C)O1. The summed E-state index contributed by atoms with van der Waals surface area (Å²) in [6.07, 6.45) is 3.54. The van der Waals surface area contributed by atoms with Crippen LogP contribution < -0.4 is 0 Å². The maximum absolute atomic E-state index is 12.6. The van der Waals surface area contributed by atoms with Gasteiger partial charge in [0.2, 0.25) is 0 Å². The Hall–Kier alpha value is -1.36. The molecule has 0 aromatic carbocycles. The Balaban J connectivity index is 2.17. The van der Waals surface area contributed by atoms with Crippen LogP contribution in [0.5, 0.6) is 0 Å². The van der Waals surface area contributed by atoms with Crippen LogP contribution in [-0.4, -0.2) is 45.4 Å². The van der Waals surface area contributed by atoms with E-state index in [2.05, 4.69) is 25.9 Å². The molecule has 2 heterocycles. The van der Waals surface area contributed by atoms with E-state index < -0.39 is 0 Å². The molecule has 1 aromatic rings. The second-order valence-electron chi connectivity index (χ2n) is 7.22. The number of hydrogen-bond donors (Lipinski definition) is 0. The summed E-state index contributed by atoms with van der Waals surface area (Å²) in [7, 11) is 0. The standard InChI is InChI=1S/C15H25N3O2/c1-11-8-17(10-15(5,6)20-11)13(19)12-7-16-18(9-12)14(2,3)4/h7,9,11H,8,10H2,1-6H3/t11-/m0/s1. The lowest BCUT2D eigenvalue weighted by Crippen LogP contribution is -2.53. The molecule has 1 atom stereocenters. The van der Waals surface area contributed by atoms with Crippen LogP contribution in [0.3, 0.4) is 0 Å². The van der Waals surface area contributed by atoms with Crippen LogP contribution in [0.25, 0.3) is 0 Å². The van der Waals surface area contributed by atoms with Gasteiger partial charge in [-0.1, -0.05) is 0 Å². The number of carbonyl (C=O) groups is 1. The highest BCUT2D eigenvalue weighted by Crippen LogP contribution is 2.22. The third-order valence-electron chi connectivity index (χ3n) is 3.37. The molecule has 112 valence electrons. The molecule has 1 aliphatic heterocycles. The molecule has 1 amide bonds. The van der Waals surface area contributed by atoms with Gasteiger partial charge in [-0.15, -0.1) is 0 Å². The van der Waals surface area contributed by atoms with Crippen LogP contribution in [0.15, 0.2) is 12.4 Å². The number of carbonyl (C=O) groups excluding carboxylic acids is 1. The first-order chi connectivity index (χ1) is 9.08. The monoisotopic (exact) mass is 279 g/mol. The van der Waals surface area contributed by atoms with Crippen LogP contribution >= 0.6 is 0 Å². The zero-order chi connectivity index (χ0) is 15.1. The molecule has 20 heavy (non-hydrogen) atoms. The van der Waals surface area contributed by atoms with Crippen molar-refractivity contribution in [3.63, 3.8) is 0 Å². The number of morpholine rings is 1. The highest BCUT2D eigenvalue weighted by Gasteiger charge is 2.34. The normalized spacial score (nSPS) is 22.9. The van der Waals surface area contributed by atoms with Gasteiger partial charge < -0.3 is 9.64 Å². The quantitative estimate of drug-likeness (QED) is 0.792. The van der Waals surface area contributed by atoms with E-state index in [-0.39, 0.29) is 23.2 Å². The fraction of sp³-hybridized carbons (Fsp3) is 0.733. The number of hydrogen-bond acceptors (Lipinski definition) is 3. The second kappa shape index (κ2) is 4.88. The van der Waals surface area contributed by atoms with E-state index in [0.717, 1.165) is 0 Å². The van der Waals surface area contributed by atoms with Crippen molar-refractivity contribution >= 4 is 5.91 Å². The smallest absolute Gasteiger partial charge is 0.257 e. The molecular weight excluding hydrogens is 254 g/mol. The molecule has 1 aromatic heterocycles. The molecule has 1 aliphatic rings. The summed E-state index contributed by atoms with van der Waals surface area (Å²) in [6, 6.07) is 0. The van der Waals surface area contributed by atoms with Crippen LogP contribution in [-0.2, 0) is 10.3 Å². The Morgan fingerprint density at radius 3 is 2.60 bits per heavy atom. The van der Waals surface area contributed by atoms with Crippen molar-refractivity contribution in [3.8, 4) is 0 Å². The Bertz CT molecular complexity index is 499. The van der Waals surface area contributed by atoms with Gasteiger partial charge in [0.05, 0.1) is 29.0 Å². The van der Waals surface area contributed by atoms with Gasteiger partial charge in [0.25, 0.3) is 5.91 Å². The first-order valence-corrected chi connectivity index (χ1v) is 7.11. The van der Waals surface area contributed by atoms with Gasteiger partial charge in [0, 0.05) is 19.3 Å². The van der Waals surface area contributed by atoms with Crippen molar-refractivity contribution < 1.29 is 9.53 Å².